The first-order valence-electron chi connectivity index (χ1n) is 8.04. The van der Waals surface area contributed by atoms with Gasteiger partial charge >= 0.3 is 0 Å². The first-order chi connectivity index (χ1) is 12.2. The zero-order valence-electron chi connectivity index (χ0n) is 14.6. The van der Waals surface area contributed by atoms with Crippen LogP contribution in [0.5, 0.6) is 0 Å². The van der Waals surface area contributed by atoms with Crippen molar-refractivity contribution in [2.24, 2.45) is 5.73 Å². The van der Waals surface area contributed by atoms with Crippen molar-refractivity contribution >= 4 is 33.2 Å². The number of benzene rings is 2. The van der Waals surface area contributed by atoms with Crippen LogP contribution in [0, 0.1) is 0 Å². The Morgan fingerprint density at radius 1 is 1.15 bits per heavy atom. The molecule has 0 aliphatic carbocycles. The number of anilines is 1. The van der Waals surface area contributed by atoms with Gasteiger partial charge in [-0.15, -0.1) is 0 Å². The molecule has 6 nitrogen and oxygen atoms in total. The quantitative estimate of drug-likeness (QED) is 0.670. The summed E-state index contributed by atoms with van der Waals surface area (Å²) in [5, 5.41) is 3.37. The fourth-order valence-corrected chi connectivity index (χ4v) is 3.52. The summed E-state index contributed by atoms with van der Waals surface area (Å²) in [4.78, 5) is 12.8. The topological polar surface area (TPSA) is 101 Å². The van der Waals surface area contributed by atoms with Crippen LogP contribution in [0.3, 0.4) is 0 Å². The van der Waals surface area contributed by atoms with Gasteiger partial charge in [-0.25, -0.2) is 13.1 Å². The fraction of sp³-hybridized carbons (Fsp3) is 0.278. The lowest BCUT2D eigenvalue weighted by atomic mass is 9.83. The SMILES string of the molecule is CC(C)(C(=O)Nc1cccc(S(=O)(=O)NCCN)c1)c1ccc(Cl)cc1. The molecule has 0 unspecified atom stereocenters. The molecule has 0 saturated carbocycles. The van der Waals surface area contributed by atoms with Crippen molar-refractivity contribution < 1.29 is 13.2 Å². The van der Waals surface area contributed by atoms with Crippen LogP contribution in [0.15, 0.2) is 53.4 Å². The van der Waals surface area contributed by atoms with Crippen LogP contribution >= 0.6 is 11.6 Å². The highest BCUT2D eigenvalue weighted by atomic mass is 35.5. The van der Waals surface area contributed by atoms with Gasteiger partial charge in [0.25, 0.3) is 0 Å². The maximum Gasteiger partial charge on any atom is 0.240 e. The summed E-state index contributed by atoms with van der Waals surface area (Å²) in [5.41, 5.74) is 5.70. The molecule has 0 atom stereocenters. The third-order valence-electron chi connectivity index (χ3n) is 3.97. The van der Waals surface area contributed by atoms with Crippen LogP contribution < -0.4 is 15.8 Å². The molecule has 0 saturated heterocycles. The standard InChI is InChI=1S/C18H22ClN3O3S/c1-18(2,13-6-8-14(19)9-7-13)17(23)22-15-4-3-5-16(12-15)26(24,25)21-11-10-20/h3-9,12,21H,10-11,20H2,1-2H3,(H,22,23). The number of hydrogen-bond acceptors (Lipinski definition) is 4. The minimum absolute atomic E-state index is 0.0630. The molecule has 2 aromatic rings. The van der Waals surface area contributed by atoms with E-state index in [9.17, 15) is 13.2 Å². The number of amides is 1. The summed E-state index contributed by atoms with van der Waals surface area (Å²) >= 11 is 5.90. The molecule has 2 rings (SSSR count). The minimum Gasteiger partial charge on any atom is -0.329 e. The molecule has 0 aromatic heterocycles. The van der Waals surface area contributed by atoms with Gasteiger partial charge in [0, 0.05) is 23.8 Å². The lowest BCUT2D eigenvalue weighted by Crippen LogP contribution is -2.34. The van der Waals surface area contributed by atoms with Crippen molar-refractivity contribution in [3.8, 4) is 0 Å². The number of nitrogens with one attached hydrogen (secondary N) is 2. The van der Waals surface area contributed by atoms with Crippen molar-refractivity contribution in [3.63, 3.8) is 0 Å². The Labute approximate surface area is 158 Å². The number of rotatable bonds is 7. The van der Waals surface area contributed by atoms with E-state index in [1.807, 2.05) is 0 Å². The van der Waals surface area contributed by atoms with Crippen LogP contribution in [0.1, 0.15) is 19.4 Å². The van der Waals surface area contributed by atoms with Gasteiger partial charge < -0.3 is 11.1 Å². The van der Waals surface area contributed by atoms with E-state index in [1.54, 1.807) is 50.2 Å². The third kappa shape index (κ3) is 4.82. The van der Waals surface area contributed by atoms with Gasteiger partial charge in [0.05, 0.1) is 10.3 Å². The van der Waals surface area contributed by atoms with Crippen molar-refractivity contribution in [1.29, 1.82) is 0 Å². The molecular formula is C18H22ClN3O3S. The molecule has 0 spiro atoms. The van der Waals surface area contributed by atoms with Crippen LogP contribution in [0.25, 0.3) is 0 Å². The van der Waals surface area contributed by atoms with E-state index in [0.717, 1.165) is 5.56 Å². The molecule has 0 aliphatic heterocycles. The lowest BCUT2D eigenvalue weighted by Gasteiger charge is -2.24. The van der Waals surface area contributed by atoms with Gasteiger partial charge in [0.2, 0.25) is 15.9 Å². The van der Waals surface area contributed by atoms with E-state index in [-0.39, 0.29) is 23.9 Å². The molecule has 0 fully saturated rings. The Morgan fingerprint density at radius 2 is 1.81 bits per heavy atom. The average Bonchev–Trinajstić information content (AvgIpc) is 2.60. The lowest BCUT2D eigenvalue weighted by molar-refractivity contribution is -0.120. The minimum atomic E-state index is -3.67. The molecular weight excluding hydrogens is 374 g/mol. The summed E-state index contributed by atoms with van der Waals surface area (Å²) in [6.45, 7) is 3.91. The number of halogens is 1. The number of carbonyl (C=O) groups is 1. The second-order valence-corrected chi connectivity index (χ2v) is 8.50. The van der Waals surface area contributed by atoms with E-state index in [1.165, 1.54) is 12.1 Å². The van der Waals surface area contributed by atoms with Crippen molar-refractivity contribution in [2.75, 3.05) is 18.4 Å². The van der Waals surface area contributed by atoms with Crippen molar-refractivity contribution in [1.82, 2.24) is 4.72 Å². The highest BCUT2D eigenvalue weighted by Gasteiger charge is 2.30. The Kier molecular flexibility index (Phi) is 6.41. The Hall–Kier alpha value is -1.93. The molecule has 26 heavy (non-hydrogen) atoms. The molecule has 0 radical (unpaired) electrons. The van der Waals surface area contributed by atoms with Gasteiger partial charge in [0.1, 0.15) is 0 Å². The number of nitrogens with two attached hydrogens (primary N) is 1. The fourth-order valence-electron chi connectivity index (χ4n) is 2.30. The van der Waals surface area contributed by atoms with Crippen LogP contribution in [0.4, 0.5) is 5.69 Å². The number of carbonyl (C=O) groups excluding carboxylic acids is 1. The molecule has 2 aromatic carbocycles. The predicted octanol–water partition coefficient (Wildman–Crippen LogP) is 2.49. The van der Waals surface area contributed by atoms with Crippen molar-refractivity contribution in [2.45, 2.75) is 24.2 Å². The van der Waals surface area contributed by atoms with Gasteiger partial charge in [-0.3, -0.25) is 4.79 Å². The van der Waals surface area contributed by atoms with E-state index < -0.39 is 15.4 Å². The maximum absolute atomic E-state index is 12.7. The summed E-state index contributed by atoms with van der Waals surface area (Å²) in [5.74, 6) is -0.260. The molecule has 140 valence electrons. The average molecular weight is 396 g/mol. The van der Waals surface area contributed by atoms with Crippen molar-refractivity contribution in [3.05, 3.63) is 59.1 Å². The number of sulfonamides is 1. The van der Waals surface area contributed by atoms with E-state index >= 15 is 0 Å². The Morgan fingerprint density at radius 3 is 2.42 bits per heavy atom. The summed E-state index contributed by atoms with van der Waals surface area (Å²) in [7, 11) is -3.67. The van der Waals surface area contributed by atoms with E-state index in [0.29, 0.717) is 10.7 Å². The Balaban J connectivity index is 2.21. The van der Waals surface area contributed by atoms with Gasteiger partial charge in [-0.05, 0) is 49.7 Å². The molecule has 0 aliphatic rings. The maximum atomic E-state index is 12.7. The van der Waals surface area contributed by atoms with Gasteiger partial charge in [0.15, 0.2) is 0 Å². The summed E-state index contributed by atoms with van der Waals surface area (Å²) in [6, 6.07) is 13.1. The molecule has 8 heteroatoms. The summed E-state index contributed by atoms with van der Waals surface area (Å²) < 4.78 is 26.8. The highest BCUT2D eigenvalue weighted by Crippen LogP contribution is 2.27. The smallest absolute Gasteiger partial charge is 0.240 e. The van der Waals surface area contributed by atoms with Gasteiger partial charge in [-0.1, -0.05) is 29.8 Å². The van der Waals surface area contributed by atoms with Crippen LogP contribution in [0.2, 0.25) is 5.02 Å². The second-order valence-electron chi connectivity index (χ2n) is 6.30. The highest BCUT2D eigenvalue weighted by molar-refractivity contribution is 7.89. The predicted molar refractivity (Wildman–Crippen MR) is 104 cm³/mol. The second kappa shape index (κ2) is 8.18. The van der Waals surface area contributed by atoms with E-state index in [4.69, 9.17) is 17.3 Å². The first-order valence-corrected chi connectivity index (χ1v) is 9.90. The van der Waals surface area contributed by atoms with Crippen LogP contribution in [-0.4, -0.2) is 27.4 Å². The zero-order valence-corrected chi connectivity index (χ0v) is 16.2. The van der Waals surface area contributed by atoms with Gasteiger partial charge in [-0.2, -0.15) is 0 Å². The monoisotopic (exact) mass is 395 g/mol. The zero-order chi connectivity index (χ0) is 19.4. The van der Waals surface area contributed by atoms with Crippen LogP contribution in [-0.2, 0) is 20.2 Å². The summed E-state index contributed by atoms with van der Waals surface area (Å²) in [6.07, 6.45) is 0. The largest absolute Gasteiger partial charge is 0.329 e. The molecule has 1 amide bonds. The molecule has 0 heterocycles. The normalized spacial score (nSPS) is 12.0. The first kappa shape index (κ1) is 20.4. The third-order valence-corrected chi connectivity index (χ3v) is 5.68. The van der Waals surface area contributed by atoms with E-state index in [2.05, 4.69) is 10.0 Å². The molecule has 4 N–H and O–H groups in total. The number of hydrogen-bond donors (Lipinski definition) is 3. The molecule has 0 bridgehead atoms. The Bertz CT molecular complexity index is 881.